The van der Waals surface area contributed by atoms with Crippen LogP contribution < -0.4 is 10.6 Å². The quantitative estimate of drug-likeness (QED) is 0.844. The number of carbonyl (C=O) groups is 3. The Bertz CT molecular complexity index is 652. The van der Waals surface area contributed by atoms with Crippen LogP contribution in [-0.4, -0.2) is 48.5 Å². The summed E-state index contributed by atoms with van der Waals surface area (Å²) in [5.74, 6) is -0.0543. The highest BCUT2D eigenvalue weighted by Crippen LogP contribution is 2.15. The third-order valence-corrected chi connectivity index (χ3v) is 4.07. The van der Waals surface area contributed by atoms with Gasteiger partial charge in [0.2, 0.25) is 5.91 Å². The second-order valence-corrected chi connectivity index (χ2v) is 6.97. The van der Waals surface area contributed by atoms with Crippen LogP contribution in [0.1, 0.15) is 44.0 Å². The molecule has 2 rings (SSSR count). The maximum absolute atomic E-state index is 12.4. The Hall–Kier alpha value is -2.57. The summed E-state index contributed by atoms with van der Waals surface area (Å²) in [4.78, 5) is 37.2. The summed E-state index contributed by atoms with van der Waals surface area (Å²) in [7, 11) is 0. The van der Waals surface area contributed by atoms with Gasteiger partial charge in [0.15, 0.2) is 0 Å². The Morgan fingerprint density at radius 1 is 1.23 bits per heavy atom. The Kier molecular flexibility index (Phi) is 7.00. The van der Waals surface area contributed by atoms with Crippen LogP contribution in [0, 0.1) is 5.92 Å². The van der Waals surface area contributed by atoms with Gasteiger partial charge in [-0.05, 0) is 37.0 Å². The fourth-order valence-corrected chi connectivity index (χ4v) is 2.75. The van der Waals surface area contributed by atoms with Gasteiger partial charge in [0, 0.05) is 37.3 Å². The van der Waals surface area contributed by atoms with E-state index in [2.05, 4.69) is 10.6 Å². The van der Waals surface area contributed by atoms with E-state index in [-0.39, 0.29) is 23.9 Å². The highest BCUT2D eigenvalue weighted by molar-refractivity contribution is 5.96. The van der Waals surface area contributed by atoms with E-state index >= 15 is 0 Å². The van der Waals surface area contributed by atoms with Crippen LogP contribution in [0.3, 0.4) is 0 Å². The fourth-order valence-electron chi connectivity index (χ4n) is 2.75. The first-order valence-electron chi connectivity index (χ1n) is 8.95. The number of carbonyl (C=O) groups excluding carboxylic acids is 3. The molecular weight excluding hydrogens is 334 g/mol. The van der Waals surface area contributed by atoms with Crippen LogP contribution in [0.25, 0.3) is 0 Å². The molecule has 1 saturated heterocycles. The number of amides is 3. The van der Waals surface area contributed by atoms with Crippen LogP contribution in [-0.2, 0) is 9.53 Å². The molecule has 1 heterocycles. The van der Waals surface area contributed by atoms with E-state index in [4.69, 9.17) is 4.74 Å². The van der Waals surface area contributed by atoms with Gasteiger partial charge in [-0.25, -0.2) is 4.79 Å². The van der Waals surface area contributed by atoms with Gasteiger partial charge >= 0.3 is 6.09 Å². The second-order valence-electron chi connectivity index (χ2n) is 6.97. The zero-order chi connectivity index (χ0) is 19.1. The summed E-state index contributed by atoms with van der Waals surface area (Å²) >= 11 is 0. The molecular formula is C19H27N3O4. The topological polar surface area (TPSA) is 87.7 Å². The summed E-state index contributed by atoms with van der Waals surface area (Å²) in [5.41, 5.74) is 1.09. The smallest absolute Gasteiger partial charge is 0.409 e. The number of likely N-dealkylation sites (tertiary alicyclic amines) is 1. The molecule has 1 fully saturated rings. The van der Waals surface area contributed by atoms with Gasteiger partial charge in [-0.1, -0.05) is 19.9 Å². The van der Waals surface area contributed by atoms with E-state index in [0.29, 0.717) is 49.7 Å². The summed E-state index contributed by atoms with van der Waals surface area (Å²) < 4.78 is 5.24. The maximum Gasteiger partial charge on any atom is 0.409 e. The molecule has 0 radical (unpaired) electrons. The van der Waals surface area contributed by atoms with Gasteiger partial charge in [-0.2, -0.15) is 0 Å². The first-order valence-corrected chi connectivity index (χ1v) is 8.95. The molecule has 7 nitrogen and oxygen atoms in total. The Morgan fingerprint density at radius 2 is 1.92 bits per heavy atom. The molecule has 0 unspecified atom stereocenters. The zero-order valence-electron chi connectivity index (χ0n) is 15.6. The molecule has 1 aliphatic rings. The molecule has 0 aliphatic carbocycles. The largest absolute Gasteiger partial charge is 0.449 e. The second kappa shape index (κ2) is 9.22. The van der Waals surface area contributed by atoms with Gasteiger partial charge in [-0.3, -0.25) is 9.59 Å². The van der Waals surface area contributed by atoms with Crippen molar-refractivity contribution in [1.82, 2.24) is 10.2 Å². The molecule has 3 amide bonds. The molecule has 142 valence electrons. The number of nitrogens with one attached hydrogen (secondary N) is 2. The summed E-state index contributed by atoms with van der Waals surface area (Å²) in [6, 6.07) is 6.84. The van der Waals surface area contributed by atoms with Crippen molar-refractivity contribution in [2.24, 2.45) is 5.92 Å². The van der Waals surface area contributed by atoms with Gasteiger partial charge < -0.3 is 20.3 Å². The molecule has 0 aromatic heterocycles. The summed E-state index contributed by atoms with van der Waals surface area (Å²) in [5, 5.41) is 5.66. The van der Waals surface area contributed by atoms with Gasteiger partial charge in [-0.15, -0.1) is 0 Å². The lowest BCUT2D eigenvalue weighted by atomic mass is 10.0. The fraction of sp³-hybridized carbons (Fsp3) is 0.526. The minimum Gasteiger partial charge on any atom is -0.449 e. The van der Waals surface area contributed by atoms with Gasteiger partial charge in [0.25, 0.3) is 5.91 Å². The number of hydrogen-bond donors (Lipinski definition) is 2. The van der Waals surface area contributed by atoms with Crippen LogP contribution >= 0.6 is 0 Å². The monoisotopic (exact) mass is 361 g/mol. The first kappa shape index (κ1) is 19.8. The number of anilines is 1. The SMILES string of the molecule is CC(=O)Nc1cccc(C(=O)NC2CCN(C(=O)OCC(C)C)CC2)c1. The summed E-state index contributed by atoms with van der Waals surface area (Å²) in [6.07, 6.45) is 1.09. The lowest BCUT2D eigenvalue weighted by Crippen LogP contribution is -2.46. The summed E-state index contributed by atoms with van der Waals surface area (Å²) in [6.45, 7) is 6.96. The van der Waals surface area contributed by atoms with Crippen LogP contribution in [0.2, 0.25) is 0 Å². The minimum atomic E-state index is -0.286. The number of hydrogen-bond acceptors (Lipinski definition) is 4. The lowest BCUT2D eigenvalue weighted by molar-refractivity contribution is -0.114. The van der Waals surface area contributed by atoms with Crippen molar-refractivity contribution in [3.05, 3.63) is 29.8 Å². The van der Waals surface area contributed by atoms with Gasteiger partial charge in [0.1, 0.15) is 0 Å². The number of ether oxygens (including phenoxy) is 1. The van der Waals surface area contributed by atoms with Crippen molar-refractivity contribution in [2.75, 3.05) is 25.0 Å². The average Bonchev–Trinajstić information content (AvgIpc) is 2.60. The van der Waals surface area contributed by atoms with Crippen molar-refractivity contribution in [2.45, 2.75) is 39.7 Å². The molecule has 0 bridgehead atoms. The molecule has 2 N–H and O–H groups in total. The molecule has 0 atom stereocenters. The predicted octanol–water partition coefficient (Wildman–Crippen LogP) is 2.63. The highest BCUT2D eigenvalue weighted by atomic mass is 16.6. The number of nitrogens with zero attached hydrogens (tertiary/aromatic N) is 1. The van der Waals surface area contributed by atoms with E-state index in [1.807, 2.05) is 13.8 Å². The first-order chi connectivity index (χ1) is 12.3. The van der Waals surface area contributed by atoms with Crippen LogP contribution in [0.4, 0.5) is 10.5 Å². The van der Waals surface area contributed by atoms with Crippen molar-refractivity contribution >= 4 is 23.6 Å². The standard InChI is InChI=1S/C19H27N3O4/c1-13(2)12-26-19(25)22-9-7-16(8-10-22)21-18(24)15-5-4-6-17(11-15)20-14(3)23/h4-6,11,13,16H,7-10,12H2,1-3H3,(H,20,23)(H,21,24). The van der Waals surface area contributed by atoms with E-state index in [0.717, 1.165) is 0 Å². The Morgan fingerprint density at radius 3 is 2.54 bits per heavy atom. The minimum absolute atomic E-state index is 0.0149. The molecule has 1 aliphatic heterocycles. The number of rotatable bonds is 5. The van der Waals surface area contributed by atoms with E-state index in [1.165, 1.54) is 6.92 Å². The molecule has 1 aromatic carbocycles. The van der Waals surface area contributed by atoms with Gasteiger partial charge in [0.05, 0.1) is 6.61 Å². The number of benzene rings is 1. The third kappa shape index (κ3) is 6.06. The van der Waals surface area contributed by atoms with Crippen molar-refractivity contribution < 1.29 is 19.1 Å². The average molecular weight is 361 g/mol. The van der Waals surface area contributed by atoms with Crippen molar-refractivity contribution in [3.63, 3.8) is 0 Å². The maximum atomic E-state index is 12.4. The molecule has 26 heavy (non-hydrogen) atoms. The molecule has 7 heteroatoms. The van der Waals surface area contributed by atoms with Crippen LogP contribution in [0.15, 0.2) is 24.3 Å². The molecule has 0 saturated carbocycles. The molecule has 0 spiro atoms. The number of piperidine rings is 1. The normalized spacial score (nSPS) is 14.8. The predicted molar refractivity (Wildman–Crippen MR) is 99.0 cm³/mol. The van der Waals surface area contributed by atoms with E-state index in [9.17, 15) is 14.4 Å². The third-order valence-electron chi connectivity index (χ3n) is 4.07. The van der Waals surface area contributed by atoms with Crippen LogP contribution in [0.5, 0.6) is 0 Å². The Labute approximate surface area is 154 Å². The zero-order valence-corrected chi connectivity index (χ0v) is 15.6. The lowest BCUT2D eigenvalue weighted by Gasteiger charge is -2.31. The molecule has 1 aromatic rings. The van der Waals surface area contributed by atoms with Crippen molar-refractivity contribution in [1.29, 1.82) is 0 Å². The van der Waals surface area contributed by atoms with Crippen molar-refractivity contribution in [3.8, 4) is 0 Å². The Balaban J connectivity index is 1.82. The highest BCUT2D eigenvalue weighted by Gasteiger charge is 2.25. The van der Waals surface area contributed by atoms with E-state index < -0.39 is 0 Å². The van der Waals surface area contributed by atoms with E-state index in [1.54, 1.807) is 29.2 Å².